The first kappa shape index (κ1) is 50.4. The van der Waals surface area contributed by atoms with Crippen LogP contribution in [0.25, 0.3) is 10.9 Å². The molecular weight excluding hydrogens is 873 g/mol. The number of nitrogens with two attached hydrogens (primary N) is 1. The average Bonchev–Trinajstić information content (AvgIpc) is 3.81. The molecule has 3 aliphatic rings. The molecule has 6 amide bonds. The maximum absolute atomic E-state index is 14.6. The number of nitrogens with zero attached hydrogens (tertiary/aromatic N) is 1. The maximum Gasteiger partial charge on any atom is 0.243 e. The van der Waals surface area contributed by atoms with Crippen molar-refractivity contribution in [1.82, 2.24) is 36.5 Å². The van der Waals surface area contributed by atoms with Crippen molar-refractivity contribution in [3.05, 3.63) is 23.8 Å². The summed E-state index contributed by atoms with van der Waals surface area (Å²) < 4.78 is 14.6. The number of aliphatic hydroxyl groups is 3. The van der Waals surface area contributed by atoms with Gasteiger partial charge in [0, 0.05) is 55.0 Å². The lowest BCUT2D eigenvalue weighted by Gasteiger charge is -2.31. The summed E-state index contributed by atoms with van der Waals surface area (Å²) in [6, 6.07) is -1.67. The second-order valence-corrected chi connectivity index (χ2v) is 18.6. The highest BCUT2D eigenvalue weighted by Gasteiger charge is 2.42. The molecule has 4 unspecified atom stereocenters. The number of nitrogens with one attached hydrogen (secondary N) is 6. The molecule has 23 heteroatoms. The van der Waals surface area contributed by atoms with Gasteiger partial charge in [0.1, 0.15) is 16.8 Å². The minimum absolute atomic E-state index is 0.0951. The minimum atomic E-state index is -2.31. The zero-order valence-corrected chi connectivity index (χ0v) is 37.1. The van der Waals surface area contributed by atoms with Crippen LogP contribution in [-0.2, 0) is 60.4 Å². The van der Waals surface area contributed by atoms with Crippen LogP contribution in [0.5, 0.6) is 5.75 Å². The van der Waals surface area contributed by atoms with Crippen molar-refractivity contribution in [2.45, 2.75) is 101 Å². The number of carbonyl (C=O) groups is 9. The summed E-state index contributed by atoms with van der Waals surface area (Å²) in [5.41, 5.74) is 5.90. The third-order valence-electron chi connectivity index (χ3n) is 12.4. The van der Waals surface area contributed by atoms with Gasteiger partial charge in [-0.2, -0.15) is 0 Å². The monoisotopic (exact) mass is 930 g/mol. The summed E-state index contributed by atoms with van der Waals surface area (Å²) in [6.07, 6.45) is -5.05. The number of carbonyl (C=O) groups excluding carboxylic acids is 9. The number of amides is 6. The lowest BCUT2D eigenvalue weighted by molar-refractivity contribution is -0.136. The summed E-state index contributed by atoms with van der Waals surface area (Å²) in [4.78, 5) is 128. The van der Waals surface area contributed by atoms with Gasteiger partial charge in [0.05, 0.1) is 78.6 Å². The molecule has 1 saturated heterocycles. The van der Waals surface area contributed by atoms with Crippen molar-refractivity contribution in [3.8, 4) is 5.75 Å². The van der Waals surface area contributed by atoms with Crippen LogP contribution in [0.2, 0.25) is 0 Å². The molecule has 4 heterocycles. The topological polar surface area (TPSA) is 357 Å². The number of benzene rings is 1. The predicted molar refractivity (Wildman–Crippen MR) is 229 cm³/mol. The van der Waals surface area contributed by atoms with Gasteiger partial charge in [-0.15, -0.1) is 0 Å². The molecule has 1 fully saturated rings. The van der Waals surface area contributed by atoms with E-state index < -0.39 is 181 Å². The van der Waals surface area contributed by atoms with Crippen molar-refractivity contribution < 1.29 is 67.8 Å². The number of fused-ring (bicyclic) bond motifs is 5. The molecule has 0 aliphatic carbocycles. The molecule has 12 N–H and O–H groups in total. The molecule has 3 aliphatic heterocycles. The van der Waals surface area contributed by atoms with E-state index >= 15 is 0 Å². The fourth-order valence-electron chi connectivity index (χ4n) is 8.43. The molecule has 65 heavy (non-hydrogen) atoms. The van der Waals surface area contributed by atoms with Crippen LogP contribution in [0, 0.1) is 23.7 Å². The second-order valence-electron chi connectivity index (χ2n) is 17.2. The fourth-order valence-corrected chi connectivity index (χ4v) is 9.86. The van der Waals surface area contributed by atoms with Crippen LogP contribution in [-0.4, -0.2) is 162 Å². The molecule has 5 rings (SSSR count). The van der Waals surface area contributed by atoms with Gasteiger partial charge in [-0.05, 0) is 36.5 Å². The number of aromatic amines is 1. The number of rotatable bonds is 7. The van der Waals surface area contributed by atoms with E-state index in [4.69, 9.17) is 5.73 Å². The largest absolute Gasteiger partial charge is 0.508 e. The lowest BCUT2D eigenvalue weighted by atomic mass is 9.85. The first-order valence-electron chi connectivity index (χ1n) is 21.4. The van der Waals surface area contributed by atoms with Gasteiger partial charge in [0.25, 0.3) is 0 Å². The number of ketones is 3. The van der Waals surface area contributed by atoms with Crippen LogP contribution in [0.15, 0.2) is 23.2 Å². The Labute approximate surface area is 376 Å². The highest BCUT2D eigenvalue weighted by molar-refractivity contribution is 7.85. The lowest BCUT2D eigenvalue weighted by Crippen LogP contribution is -2.55. The first-order chi connectivity index (χ1) is 30.7. The van der Waals surface area contributed by atoms with Crippen molar-refractivity contribution in [1.29, 1.82) is 0 Å². The van der Waals surface area contributed by atoms with E-state index in [1.165, 1.54) is 30.0 Å². The standard InChI is InChI=1S/C42H58N8O14S/c1-4-19(2)37-41(63)45-13-35(59)46-28-18-65(64)42-26(25-6-5-23(52)11-27(25)47-42)7-22(39(61)44-14-36(60)48-37)9-31(55)38(20(3)33(57)17-51)49-40(62)29-12-24(53)15-50(29)16-32(56)21(8-30(28)54)10-34(43)58/h5-6,11,19-22,24,28-29,33,37-38,47,51-53,57H,4,7-10,12-18H2,1-3H3,(H2,43,58)(H,44,61)(H,45,63)(H,46,59)(H,48,60)(H,49,62)/t19-,20-,21-,22?,24?,28?,29-,33-,37-,38-,65?/m0/s1. The summed E-state index contributed by atoms with van der Waals surface area (Å²) in [5, 5.41) is 54.6. The SMILES string of the molecule is CC[C@H](C)[C@@H]1NC(=O)CNC(=O)C2CC(=O)[C@H]([C@@H](C)[C@@H](O)CO)NC(=O)[C@@H]3CC(O)CN3CC(=O)[C@H](CC(N)=O)CC(=O)C(CS(=O)c3[nH]c4cc(O)ccc4c3C2)NC(=O)CNC1=O. The van der Waals surface area contributed by atoms with Gasteiger partial charge >= 0.3 is 0 Å². The second kappa shape index (κ2) is 22.0. The quantitative estimate of drug-likeness (QED) is 0.127. The predicted octanol–water partition coefficient (Wildman–Crippen LogP) is -3.70. The van der Waals surface area contributed by atoms with E-state index in [0.29, 0.717) is 11.8 Å². The maximum atomic E-state index is 14.6. The van der Waals surface area contributed by atoms with Crippen molar-refractivity contribution in [2.75, 3.05) is 38.5 Å². The third-order valence-corrected chi connectivity index (χ3v) is 13.8. The van der Waals surface area contributed by atoms with E-state index in [9.17, 15) is 67.8 Å². The van der Waals surface area contributed by atoms with Crippen LogP contribution in [0.4, 0.5) is 0 Å². The molecule has 0 spiro atoms. The van der Waals surface area contributed by atoms with Crippen LogP contribution in [0.3, 0.4) is 0 Å². The van der Waals surface area contributed by atoms with Crippen LogP contribution < -0.4 is 32.3 Å². The smallest absolute Gasteiger partial charge is 0.243 e. The number of H-pyrrole nitrogens is 1. The molecule has 0 saturated carbocycles. The van der Waals surface area contributed by atoms with E-state index in [1.807, 2.05) is 0 Å². The summed E-state index contributed by atoms with van der Waals surface area (Å²) in [5.74, 6) is -13.1. The molecule has 1 aromatic heterocycles. The molecule has 2 bridgehead atoms. The number of phenols is 1. The molecule has 11 atom stereocenters. The molecular formula is C42H58N8O14S. The number of phenolic OH excluding ortho intramolecular Hbond substituents is 1. The van der Waals surface area contributed by atoms with Gasteiger partial charge in [-0.25, -0.2) is 0 Å². The number of hydrogen-bond acceptors (Lipinski definition) is 15. The molecule has 2 aromatic rings. The molecule has 0 radical (unpaired) electrons. The summed E-state index contributed by atoms with van der Waals surface area (Å²) >= 11 is 0. The first-order valence-corrected chi connectivity index (χ1v) is 22.8. The van der Waals surface area contributed by atoms with Crippen molar-refractivity contribution >= 4 is 74.5 Å². The number of primary amides is 1. The summed E-state index contributed by atoms with van der Waals surface area (Å²) in [6.45, 7) is 1.71. The Bertz CT molecular complexity index is 2220. The number of aromatic hydroxyl groups is 1. The Kier molecular flexibility index (Phi) is 17.1. The van der Waals surface area contributed by atoms with E-state index in [2.05, 4.69) is 31.6 Å². The minimum Gasteiger partial charge on any atom is -0.508 e. The van der Waals surface area contributed by atoms with Gasteiger partial charge < -0.3 is 57.7 Å². The highest BCUT2D eigenvalue weighted by atomic mass is 32.2. The van der Waals surface area contributed by atoms with E-state index in [-0.39, 0.29) is 34.8 Å². The van der Waals surface area contributed by atoms with Gasteiger partial charge in [-0.3, -0.25) is 52.3 Å². The van der Waals surface area contributed by atoms with Crippen LogP contribution in [0.1, 0.15) is 58.4 Å². The zero-order valence-electron chi connectivity index (χ0n) is 36.3. The third kappa shape index (κ3) is 12.6. The average molecular weight is 931 g/mol. The van der Waals surface area contributed by atoms with Gasteiger partial charge in [0.15, 0.2) is 17.3 Å². The molecule has 1 aromatic carbocycles. The number of aromatic nitrogens is 1. The van der Waals surface area contributed by atoms with Crippen molar-refractivity contribution in [2.24, 2.45) is 29.4 Å². The van der Waals surface area contributed by atoms with Crippen LogP contribution >= 0.6 is 0 Å². The number of hydrogen-bond donors (Lipinski definition) is 11. The number of aliphatic hydroxyl groups excluding tert-OH is 3. The number of Topliss-reactive ketones (excluding diaryl/α,β-unsaturated/α-hetero) is 3. The highest BCUT2D eigenvalue weighted by Crippen LogP contribution is 2.32. The summed E-state index contributed by atoms with van der Waals surface area (Å²) in [7, 11) is -2.31. The van der Waals surface area contributed by atoms with E-state index in [0.717, 1.165) is 0 Å². The Balaban J connectivity index is 1.72. The Morgan fingerprint density at radius 1 is 0.892 bits per heavy atom. The molecule has 356 valence electrons. The zero-order chi connectivity index (χ0) is 47.9. The molecule has 22 nitrogen and oxygen atoms in total. The van der Waals surface area contributed by atoms with Gasteiger partial charge in [-0.1, -0.05) is 27.2 Å². The Hall–Kier alpha value is -5.62. The van der Waals surface area contributed by atoms with Gasteiger partial charge in [0.2, 0.25) is 35.4 Å². The fraction of sp³-hybridized carbons (Fsp3) is 0.595. The Morgan fingerprint density at radius 3 is 2.23 bits per heavy atom. The van der Waals surface area contributed by atoms with Crippen molar-refractivity contribution in [3.63, 3.8) is 0 Å². The van der Waals surface area contributed by atoms with E-state index in [1.54, 1.807) is 13.8 Å². The Morgan fingerprint density at radius 2 is 1.57 bits per heavy atom. The normalized spacial score (nSPS) is 29.0.